The summed E-state index contributed by atoms with van der Waals surface area (Å²) >= 11 is 0. The largest absolute Gasteiger partial charge is 0.348 e. The minimum absolute atomic E-state index is 0.0257. The zero-order chi connectivity index (χ0) is 12.6. The normalized spacial score (nSPS) is 12.3. The lowest BCUT2D eigenvalue weighted by Crippen LogP contribution is -2.21. The van der Waals surface area contributed by atoms with E-state index in [1.165, 1.54) is 11.6 Å². The van der Waals surface area contributed by atoms with Gasteiger partial charge < -0.3 is 10.3 Å². The minimum atomic E-state index is -0.167. The van der Waals surface area contributed by atoms with Gasteiger partial charge in [0.1, 0.15) is 5.82 Å². The molecule has 0 bridgehead atoms. The quantitative estimate of drug-likeness (QED) is 0.869. The Morgan fingerprint density at radius 2 is 2.06 bits per heavy atom. The Kier molecular flexibility index (Phi) is 2.96. The van der Waals surface area contributed by atoms with Gasteiger partial charge in [-0.3, -0.25) is 0 Å². The van der Waals surface area contributed by atoms with Crippen LogP contribution >= 0.6 is 0 Å². The molecule has 0 radical (unpaired) electrons. The second-order valence-corrected chi connectivity index (χ2v) is 5.21. The fourth-order valence-electron chi connectivity index (χ4n) is 2.45. The maximum atomic E-state index is 13.8. The molecule has 1 aromatic carbocycles. The van der Waals surface area contributed by atoms with E-state index in [9.17, 15) is 4.39 Å². The van der Waals surface area contributed by atoms with E-state index in [4.69, 9.17) is 5.73 Å². The molecule has 0 amide bonds. The SMILES string of the molecule is Cn1cc(C(C)(C)CCN)c2cccc(F)c21. The van der Waals surface area contributed by atoms with Gasteiger partial charge in [-0.1, -0.05) is 26.0 Å². The van der Waals surface area contributed by atoms with Crippen LogP contribution in [0.1, 0.15) is 25.8 Å². The monoisotopic (exact) mass is 234 g/mol. The highest BCUT2D eigenvalue weighted by molar-refractivity contribution is 5.85. The summed E-state index contributed by atoms with van der Waals surface area (Å²) in [5.41, 5.74) is 7.47. The van der Waals surface area contributed by atoms with Crippen LogP contribution in [0.25, 0.3) is 10.9 Å². The van der Waals surface area contributed by atoms with Crippen molar-refractivity contribution >= 4 is 10.9 Å². The first-order chi connectivity index (χ1) is 7.97. The third-order valence-corrected chi connectivity index (χ3v) is 3.45. The zero-order valence-corrected chi connectivity index (χ0v) is 10.6. The van der Waals surface area contributed by atoms with Gasteiger partial charge in [-0.2, -0.15) is 0 Å². The molecule has 0 atom stereocenters. The van der Waals surface area contributed by atoms with Crippen LogP contribution in [-0.2, 0) is 12.5 Å². The first-order valence-electron chi connectivity index (χ1n) is 5.91. The molecular formula is C14H19FN2. The molecule has 0 saturated heterocycles. The van der Waals surface area contributed by atoms with Crippen molar-refractivity contribution in [2.24, 2.45) is 12.8 Å². The lowest BCUT2D eigenvalue weighted by atomic mass is 9.81. The van der Waals surface area contributed by atoms with Crippen LogP contribution in [-0.4, -0.2) is 11.1 Å². The van der Waals surface area contributed by atoms with E-state index in [1.807, 2.05) is 23.9 Å². The van der Waals surface area contributed by atoms with E-state index in [1.54, 1.807) is 6.07 Å². The summed E-state index contributed by atoms with van der Waals surface area (Å²) in [5, 5.41) is 0.992. The molecule has 0 aliphatic rings. The Labute approximate surface area is 101 Å². The van der Waals surface area contributed by atoms with Gasteiger partial charge in [0.2, 0.25) is 0 Å². The number of fused-ring (bicyclic) bond motifs is 1. The number of aryl methyl sites for hydroxylation is 1. The van der Waals surface area contributed by atoms with Crippen molar-refractivity contribution in [3.63, 3.8) is 0 Å². The summed E-state index contributed by atoms with van der Waals surface area (Å²) in [6.07, 6.45) is 2.91. The van der Waals surface area contributed by atoms with Crippen LogP contribution in [0.4, 0.5) is 4.39 Å². The molecule has 0 saturated carbocycles. The lowest BCUT2D eigenvalue weighted by molar-refractivity contribution is 0.490. The molecule has 92 valence electrons. The third kappa shape index (κ3) is 1.95. The van der Waals surface area contributed by atoms with Gasteiger partial charge in [0.05, 0.1) is 5.52 Å². The molecule has 0 fully saturated rings. The van der Waals surface area contributed by atoms with Crippen molar-refractivity contribution in [3.8, 4) is 0 Å². The highest BCUT2D eigenvalue weighted by Gasteiger charge is 2.24. The molecule has 3 heteroatoms. The number of halogens is 1. The van der Waals surface area contributed by atoms with Crippen molar-refractivity contribution in [3.05, 3.63) is 35.8 Å². The van der Waals surface area contributed by atoms with Crippen LogP contribution in [0.2, 0.25) is 0 Å². The standard InChI is InChI=1S/C14H19FN2/c1-14(2,7-8-16)11-9-17(3)13-10(11)5-4-6-12(13)15/h4-6,9H,7-8,16H2,1-3H3. The fourth-order valence-corrected chi connectivity index (χ4v) is 2.45. The zero-order valence-electron chi connectivity index (χ0n) is 10.6. The molecule has 2 N–H and O–H groups in total. The van der Waals surface area contributed by atoms with Crippen LogP contribution in [0.5, 0.6) is 0 Å². The third-order valence-electron chi connectivity index (χ3n) is 3.45. The van der Waals surface area contributed by atoms with Crippen molar-refractivity contribution in [2.45, 2.75) is 25.7 Å². The number of benzene rings is 1. The molecule has 2 nitrogen and oxygen atoms in total. The van der Waals surface area contributed by atoms with E-state index >= 15 is 0 Å². The molecule has 0 aliphatic heterocycles. The predicted molar refractivity (Wildman–Crippen MR) is 69.6 cm³/mol. The van der Waals surface area contributed by atoms with E-state index in [2.05, 4.69) is 13.8 Å². The summed E-state index contributed by atoms with van der Waals surface area (Å²) < 4.78 is 15.6. The smallest absolute Gasteiger partial charge is 0.147 e. The number of hydrogen-bond acceptors (Lipinski definition) is 1. The summed E-state index contributed by atoms with van der Waals surface area (Å²) in [4.78, 5) is 0. The molecule has 2 rings (SSSR count). The summed E-state index contributed by atoms with van der Waals surface area (Å²) in [5.74, 6) is -0.167. The molecule has 1 heterocycles. The summed E-state index contributed by atoms with van der Waals surface area (Å²) in [7, 11) is 1.88. The number of rotatable bonds is 3. The van der Waals surface area contributed by atoms with Gasteiger partial charge in [0.15, 0.2) is 0 Å². The number of nitrogens with two attached hydrogens (primary N) is 1. The van der Waals surface area contributed by atoms with Gasteiger partial charge in [-0.25, -0.2) is 4.39 Å². The van der Waals surface area contributed by atoms with E-state index in [0.29, 0.717) is 12.1 Å². The summed E-state index contributed by atoms with van der Waals surface area (Å²) in [6.45, 7) is 4.94. The summed E-state index contributed by atoms with van der Waals surface area (Å²) in [6, 6.07) is 5.24. The van der Waals surface area contributed by atoms with Gasteiger partial charge >= 0.3 is 0 Å². The van der Waals surface area contributed by atoms with Crippen molar-refractivity contribution < 1.29 is 4.39 Å². The lowest BCUT2D eigenvalue weighted by Gasteiger charge is -2.23. The molecule has 2 aromatic rings. The van der Waals surface area contributed by atoms with E-state index < -0.39 is 0 Å². The fraction of sp³-hybridized carbons (Fsp3) is 0.429. The molecular weight excluding hydrogens is 215 g/mol. The molecule has 0 aliphatic carbocycles. The maximum Gasteiger partial charge on any atom is 0.147 e. The highest BCUT2D eigenvalue weighted by Crippen LogP contribution is 2.34. The Balaban J connectivity index is 2.68. The predicted octanol–water partition coefficient (Wildman–Crippen LogP) is 2.94. The molecule has 17 heavy (non-hydrogen) atoms. The second-order valence-electron chi connectivity index (χ2n) is 5.21. The highest BCUT2D eigenvalue weighted by atomic mass is 19.1. The Bertz CT molecular complexity index is 540. The van der Waals surface area contributed by atoms with Gasteiger partial charge in [0, 0.05) is 18.6 Å². The van der Waals surface area contributed by atoms with E-state index in [-0.39, 0.29) is 11.2 Å². The van der Waals surface area contributed by atoms with Gasteiger partial charge in [0.25, 0.3) is 0 Å². The van der Waals surface area contributed by atoms with Crippen LogP contribution in [0, 0.1) is 5.82 Å². The molecule has 0 spiro atoms. The van der Waals surface area contributed by atoms with Crippen LogP contribution < -0.4 is 5.73 Å². The first-order valence-corrected chi connectivity index (χ1v) is 5.91. The number of para-hydroxylation sites is 1. The average Bonchev–Trinajstić information content (AvgIpc) is 2.58. The van der Waals surface area contributed by atoms with Crippen molar-refractivity contribution in [2.75, 3.05) is 6.54 Å². The van der Waals surface area contributed by atoms with Crippen molar-refractivity contribution in [1.82, 2.24) is 4.57 Å². The Morgan fingerprint density at radius 1 is 1.35 bits per heavy atom. The van der Waals surface area contributed by atoms with Crippen LogP contribution in [0.15, 0.2) is 24.4 Å². The number of hydrogen-bond donors (Lipinski definition) is 1. The van der Waals surface area contributed by atoms with Gasteiger partial charge in [-0.05, 0) is 30.0 Å². The van der Waals surface area contributed by atoms with Crippen molar-refractivity contribution in [1.29, 1.82) is 0 Å². The molecule has 0 unspecified atom stereocenters. The number of aromatic nitrogens is 1. The average molecular weight is 234 g/mol. The molecule has 1 aromatic heterocycles. The first kappa shape index (κ1) is 12.1. The maximum absolute atomic E-state index is 13.8. The van der Waals surface area contributed by atoms with Crippen LogP contribution in [0.3, 0.4) is 0 Å². The minimum Gasteiger partial charge on any atom is -0.348 e. The topological polar surface area (TPSA) is 30.9 Å². The number of nitrogens with zero attached hydrogens (tertiary/aromatic N) is 1. The van der Waals surface area contributed by atoms with E-state index in [0.717, 1.165) is 11.8 Å². The second kappa shape index (κ2) is 4.15. The van der Waals surface area contributed by atoms with Gasteiger partial charge in [-0.15, -0.1) is 0 Å². The Morgan fingerprint density at radius 3 is 2.71 bits per heavy atom. The Hall–Kier alpha value is -1.35.